The van der Waals surface area contributed by atoms with Crippen LogP contribution >= 0.6 is 12.2 Å². The summed E-state index contributed by atoms with van der Waals surface area (Å²) in [5.41, 5.74) is 5.37. The van der Waals surface area contributed by atoms with E-state index in [-0.39, 0.29) is 17.7 Å². The molecule has 0 saturated heterocycles. The third-order valence-corrected chi connectivity index (χ3v) is 5.45. The normalized spacial score (nSPS) is 23.7. The summed E-state index contributed by atoms with van der Waals surface area (Å²) in [4.78, 5) is 0. The largest absolute Gasteiger partial charge is 0.352 e. The SMILES string of the molecule is CC1CC/C(=C/c2ccc(F)cc2)C2=C1C(c1ccc(F)cc1)NC(=S)N2. The van der Waals surface area contributed by atoms with Crippen LogP contribution in [0.4, 0.5) is 8.78 Å². The quantitative estimate of drug-likeness (QED) is 0.694. The molecule has 2 aliphatic rings. The molecule has 0 bridgehead atoms. The molecule has 0 fully saturated rings. The third-order valence-electron chi connectivity index (χ3n) is 5.23. The summed E-state index contributed by atoms with van der Waals surface area (Å²) in [6.07, 6.45) is 4.02. The van der Waals surface area contributed by atoms with Gasteiger partial charge in [0.1, 0.15) is 11.6 Å². The van der Waals surface area contributed by atoms with Crippen molar-refractivity contribution in [3.8, 4) is 0 Å². The number of benzene rings is 2. The zero-order valence-electron chi connectivity index (χ0n) is 14.9. The van der Waals surface area contributed by atoms with Crippen LogP contribution in [0.2, 0.25) is 0 Å². The van der Waals surface area contributed by atoms with Crippen molar-refractivity contribution in [2.24, 2.45) is 5.92 Å². The molecule has 0 aromatic heterocycles. The fourth-order valence-electron chi connectivity index (χ4n) is 3.85. The van der Waals surface area contributed by atoms with Crippen molar-refractivity contribution in [1.82, 2.24) is 10.6 Å². The van der Waals surface area contributed by atoms with Crippen molar-refractivity contribution in [2.45, 2.75) is 25.8 Å². The van der Waals surface area contributed by atoms with Gasteiger partial charge in [-0.1, -0.05) is 31.2 Å². The summed E-state index contributed by atoms with van der Waals surface area (Å²) >= 11 is 5.44. The lowest BCUT2D eigenvalue weighted by Crippen LogP contribution is -2.46. The van der Waals surface area contributed by atoms with Gasteiger partial charge in [-0.15, -0.1) is 0 Å². The van der Waals surface area contributed by atoms with Crippen LogP contribution in [0.15, 0.2) is 65.4 Å². The Kier molecular flexibility index (Phi) is 4.79. The van der Waals surface area contributed by atoms with E-state index in [0.717, 1.165) is 35.2 Å². The van der Waals surface area contributed by atoms with Gasteiger partial charge in [0.15, 0.2) is 5.11 Å². The lowest BCUT2D eigenvalue weighted by Gasteiger charge is -2.39. The van der Waals surface area contributed by atoms with E-state index in [0.29, 0.717) is 11.0 Å². The van der Waals surface area contributed by atoms with Crippen LogP contribution < -0.4 is 10.6 Å². The summed E-state index contributed by atoms with van der Waals surface area (Å²) in [6.45, 7) is 2.21. The first-order chi connectivity index (χ1) is 13.0. The first kappa shape index (κ1) is 17.9. The van der Waals surface area contributed by atoms with E-state index < -0.39 is 0 Å². The first-order valence-corrected chi connectivity index (χ1v) is 9.45. The highest BCUT2D eigenvalue weighted by molar-refractivity contribution is 7.80. The Morgan fingerprint density at radius 1 is 1.00 bits per heavy atom. The van der Waals surface area contributed by atoms with Gasteiger partial charge in [-0.25, -0.2) is 8.78 Å². The summed E-state index contributed by atoms with van der Waals surface area (Å²) < 4.78 is 26.6. The molecule has 0 spiro atoms. The number of allylic oxidation sites excluding steroid dienone is 1. The Labute approximate surface area is 163 Å². The smallest absolute Gasteiger partial charge is 0.171 e. The molecule has 1 heterocycles. The van der Waals surface area contributed by atoms with Crippen molar-refractivity contribution >= 4 is 23.4 Å². The molecular weight excluding hydrogens is 362 g/mol. The second kappa shape index (κ2) is 7.24. The maximum absolute atomic E-state index is 13.4. The van der Waals surface area contributed by atoms with Gasteiger partial charge >= 0.3 is 0 Å². The van der Waals surface area contributed by atoms with Crippen LogP contribution in [0.5, 0.6) is 0 Å². The molecule has 2 atom stereocenters. The van der Waals surface area contributed by atoms with Crippen LogP contribution in [0.3, 0.4) is 0 Å². The molecule has 2 nitrogen and oxygen atoms in total. The molecule has 2 N–H and O–H groups in total. The molecule has 0 amide bonds. The molecule has 2 aromatic carbocycles. The molecule has 2 aromatic rings. The van der Waals surface area contributed by atoms with Gasteiger partial charge in [0.05, 0.1) is 6.04 Å². The van der Waals surface area contributed by atoms with Crippen LogP contribution in [-0.2, 0) is 0 Å². The summed E-state index contributed by atoms with van der Waals surface area (Å²) in [5.74, 6) is -0.131. The molecule has 138 valence electrons. The molecule has 1 aliphatic heterocycles. The van der Waals surface area contributed by atoms with Gasteiger partial charge in [-0.05, 0) is 83.6 Å². The second-order valence-electron chi connectivity index (χ2n) is 7.07. The standard InChI is InChI=1S/C22H20F2N2S/c1-13-2-5-16(12-14-3-8-17(23)9-4-14)21-19(13)20(25-22(27)26-21)15-6-10-18(24)11-7-15/h3-4,6-13,20H,2,5H2,1H3,(H2,25,26,27)/b16-12-. The maximum Gasteiger partial charge on any atom is 0.171 e. The first-order valence-electron chi connectivity index (χ1n) is 9.05. The fraction of sp³-hybridized carbons (Fsp3) is 0.227. The van der Waals surface area contributed by atoms with Gasteiger partial charge < -0.3 is 10.6 Å². The maximum atomic E-state index is 13.4. The molecular formula is C22H20F2N2S. The van der Waals surface area contributed by atoms with Crippen LogP contribution in [0.25, 0.3) is 6.08 Å². The van der Waals surface area contributed by atoms with Gasteiger partial charge in [0, 0.05) is 5.70 Å². The van der Waals surface area contributed by atoms with Crippen molar-refractivity contribution < 1.29 is 8.78 Å². The molecule has 5 heteroatoms. The van der Waals surface area contributed by atoms with Crippen LogP contribution in [0, 0.1) is 17.6 Å². The zero-order chi connectivity index (χ0) is 19.0. The highest BCUT2D eigenvalue weighted by Gasteiger charge is 2.34. The Bertz CT molecular complexity index is 930. The van der Waals surface area contributed by atoms with Gasteiger partial charge in [-0.2, -0.15) is 0 Å². The van der Waals surface area contributed by atoms with Crippen LogP contribution in [-0.4, -0.2) is 5.11 Å². The predicted octanol–water partition coefficient (Wildman–Crippen LogP) is 5.25. The van der Waals surface area contributed by atoms with Crippen molar-refractivity contribution in [3.05, 3.63) is 88.1 Å². The van der Waals surface area contributed by atoms with E-state index in [2.05, 4.69) is 23.6 Å². The van der Waals surface area contributed by atoms with E-state index in [1.807, 2.05) is 0 Å². The average molecular weight is 382 g/mol. The number of nitrogens with one attached hydrogen (secondary N) is 2. The van der Waals surface area contributed by atoms with Crippen molar-refractivity contribution in [2.75, 3.05) is 0 Å². The average Bonchev–Trinajstić information content (AvgIpc) is 2.66. The van der Waals surface area contributed by atoms with E-state index in [1.54, 1.807) is 24.3 Å². The summed E-state index contributed by atoms with van der Waals surface area (Å²) in [7, 11) is 0. The lowest BCUT2D eigenvalue weighted by atomic mass is 9.77. The Morgan fingerprint density at radius 3 is 2.30 bits per heavy atom. The van der Waals surface area contributed by atoms with Gasteiger partial charge in [-0.3, -0.25) is 0 Å². The molecule has 2 unspecified atom stereocenters. The van der Waals surface area contributed by atoms with E-state index >= 15 is 0 Å². The second-order valence-corrected chi connectivity index (χ2v) is 7.48. The third kappa shape index (κ3) is 3.65. The Morgan fingerprint density at radius 2 is 1.63 bits per heavy atom. The number of hydrogen-bond acceptors (Lipinski definition) is 1. The Hall–Kier alpha value is -2.53. The zero-order valence-corrected chi connectivity index (χ0v) is 15.7. The van der Waals surface area contributed by atoms with E-state index in [9.17, 15) is 8.78 Å². The highest BCUT2D eigenvalue weighted by atomic mass is 32.1. The number of rotatable bonds is 2. The topological polar surface area (TPSA) is 24.1 Å². The minimum atomic E-state index is -0.252. The number of halogens is 2. The Balaban J connectivity index is 1.79. The van der Waals surface area contributed by atoms with Gasteiger partial charge in [0.25, 0.3) is 0 Å². The van der Waals surface area contributed by atoms with Gasteiger partial charge in [0.2, 0.25) is 0 Å². The summed E-state index contributed by atoms with van der Waals surface area (Å²) in [5, 5.41) is 7.22. The molecule has 0 radical (unpaired) electrons. The number of hydrogen-bond donors (Lipinski definition) is 2. The summed E-state index contributed by atoms with van der Waals surface area (Å²) in [6, 6.07) is 13.0. The number of thiocarbonyl (C=S) groups is 1. The van der Waals surface area contributed by atoms with E-state index in [4.69, 9.17) is 12.2 Å². The van der Waals surface area contributed by atoms with Crippen molar-refractivity contribution in [1.29, 1.82) is 0 Å². The highest BCUT2D eigenvalue weighted by Crippen LogP contribution is 2.41. The molecule has 0 saturated carbocycles. The van der Waals surface area contributed by atoms with Crippen molar-refractivity contribution in [3.63, 3.8) is 0 Å². The minimum Gasteiger partial charge on any atom is -0.352 e. The van der Waals surface area contributed by atoms with Crippen LogP contribution in [0.1, 0.15) is 36.9 Å². The lowest BCUT2D eigenvalue weighted by molar-refractivity contribution is 0.501. The van der Waals surface area contributed by atoms with E-state index in [1.165, 1.54) is 29.8 Å². The molecule has 1 aliphatic carbocycles. The molecule has 4 rings (SSSR count). The predicted molar refractivity (Wildman–Crippen MR) is 108 cm³/mol. The molecule has 27 heavy (non-hydrogen) atoms. The monoisotopic (exact) mass is 382 g/mol. The fourth-order valence-corrected chi connectivity index (χ4v) is 4.07. The minimum absolute atomic E-state index is 0.0822.